The van der Waals surface area contributed by atoms with Crippen molar-refractivity contribution in [1.82, 2.24) is 15.3 Å². The van der Waals surface area contributed by atoms with Crippen molar-refractivity contribution >= 4 is 45.7 Å². The van der Waals surface area contributed by atoms with E-state index in [0.717, 1.165) is 50.9 Å². The third-order valence-electron chi connectivity index (χ3n) is 4.96. The normalized spacial score (nSPS) is 16.5. The third-order valence-corrected chi connectivity index (χ3v) is 6.19. The molecular weight excluding hydrogens is 396 g/mol. The van der Waals surface area contributed by atoms with E-state index in [2.05, 4.69) is 10.3 Å². The second kappa shape index (κ2) is 7.93. The predicted molar refractivity (Wildman–Crippen MR) is 112 cm³/mol. The second-order valence-corrected chi connectivity index (χ2v) is 8.57. The van der Waals surface area contributed by atoms with Crippen LogP contribution in [0.4, 0.5) is 5.95 Å². The summed E-state index contributed by atoms with van der Waals surface area (Å²) in [5.41, 5.74) is 1.72. The fourth-order valence-corrected chi connectivity index (χ4v) is 4.55. The average Bonchev–Trinajstić information content (AvgIpc) is 3.35. The van der Waals surface area contributed by atoms with Crippen molar-refractivity contribution < 1.29 is 9.53 Å². The number of aromatic nitrogens is 2. The van der Waals surface area contributed by atoms with E-state index < -0.39 is 0 Å². The van der Waals surface area contributed by atoms with Crippen LogP contribution in [0.5, 0.6) is 5.75 Å². The number of amides is 1. The number of thiophene rings is 1. The summed E-state index contributed by atoms with van der Waals surface area (Å²) >= 11 is 7.44. The van der Waals surface area contributed by atoms with Crippen LogP contribution in [0.25, 0.3) is 10.9 Å². The molecule has 1 saturated heterocycles. The number of halogens is 1. The number of nitrogens with one attached hydrogen (secondary N) is 1. The molecule has 1 aliphatic rings. The first-order valence-corrected chi connectivity index (χ1v) is 10.4. The van der Waals surface area contributed by atoms with Gasteiger partial charge in [-0.1, -0.05) is 11.6 Å². The lowest BCUT2D eigenvalue weighted by atomic mass is 10.2. The number of aryl methyl sites for hydroxylation is 1. The predicted octanol–water partition coefficient (Wildman–Crippen LogP) is 3.95. The van der Waals surface area contributed by atoms with Crippen LogP contribution in [0, 0.1) is 6.92 Å². The molecule has 0 saturated carbocycles. The first-order valence-electron chi connectivity index (χ1n) is 9.16. The molecule has 8 heteroatoms. The van der Waals surface area contributed by atoms with Crippen LogP contribution in [-0.2, 0) is 11.3 Å². The maximum absolute atomic E-state index is 12.8. The molecule has 1 aromatic carbocycles. The maximum atomic E-state index is 12.8. The molecule has 4 rings (SSSR count). The quantitative estimate of drug-likeness (QED) is 0.682. The first kappa shape index (κ1) is 19.0. The Kier molecular flexibility index (Phi) is 5.37. The van der Waals surface area contributed by atoms with Crippen LogP contribution in [0.15, 0.2) is 30.3 Å². The molecule has 2 aromatic heterocycles. The van der Waals surface area contributed by atoms with E-state index in [4.69, 9.17) is 21.3 Å². The summed E-state index contributed by atoms with van der Waals surface area (Å²) in [4.78, 5) is 25.2. The van der Waals surface area contributed by atoms with Gasteiger partial charge in [-0.3, -0.25) is 4.79 Å². The highest BCUT2D eigenvalue weighted by Gasteiger charge is 2.32. The van der Waals surface area contributed by atoms with E-state index in [9.17, 15) is 4.79 Å². The highest BCUT2D eigenvalue weighted by molar-refractivity contribution is 7.16. The molecule has 3 aromatic rings. The number of ether oxygens (including phenoxy) is 1. The minimum Gasteiger partial charge on any atom is -0.497 e. The molecule has 28 heavy (non-hydrogen) atoms. The zero-order valence-corrected chi connectivity index (χ0v) is 17.3. The topological polar surface area (TPSA) is 67.3 Å². The van der Waals surface area contributed by atoms with Crippen molar-refractivity contribution in [2.45, 2.75) is 32.4 Å². The van der Waals surface area contributed by atoms with Crippen LogP contribution >= 0.6 is 22.9 Å². The minimum absolute atomic E-state index is 0.00176. The van der Waals surface area contributed by atoms with Gasteiger partial charge in [0.05, 0.1) is 29.2 Å². The molecule has 0 aliphatic carbocycles. The van der Waals surface area contributed by atoms with E-state index in [0.29, 0.717) is 12.5 Å². The number of nitrogens with zero attached hydrogens (tertiary/aromatic N) is 3. The fourth-order valence-electron chi connectivity index (χ4n) is 3.52. The van der Waals surface area contributed by atoms with Crippen molar-refractivity contribution in [2.24, 2.45) is 0 Å². The van der Waals surface area contributed by atoms with Gasteiger partial charge in [0.25, 0.3) is 0 Å². The van der Waals surface area contributed by atoms with Crippen LogP contribution in [0.2, 0.25) is 4.34 Å². The van der Waals surface area contributed by atoms with Gasteiger partial charge in [-0.15, -0.1) is 11.3 Å². The van der Waals surface area contributed by atoms with Gasteiger partial charge in [-0.2, -0.15) is 0 Å². The summed E-state index contributed by atoms with van der Waals surface area (Å²) in [6.45, 7) is 3.21. The summed E-state index contributed by atoms with van der Waals surface area (Å²) in [7, 11) is 1.64. The van der Waals surface area contributed by atoms with Gasteiger partial charge < -0.3 is 15.0 Å². The van der Waals surface area contributed by atoms with Gasteiger partial charge in [-0.25, -0.2) is 9.97 Å². The van der Waals surface area contributed by atoms with Crippen molar-refractivity contribution in [3.05, 3.63) is 45.2 Å². The lowest BCUT2D eigenvalue weighted by Crippen LogP contribution is -2.43. The fraction of sp³-hybridized carbons (Fsp3) is 0.350. The lowest BCUT2D eigenvalue weighted by Gasteiger charge is -2.24. The number of hydrogen-bond acceptors (Lipinski definition) is 6. The number of rotatable bonds is 5. The maximum Gasteiger partial charge on any atom is 0.243 e. The summed E-state index contributed by atoms with van der Waals surface area (Å²) in [5.74, 6) is 1.38. The van der Waals surface area contributed by atoms with Crippen molar-refractivity contribution in [3.8, 4) is 5.75 Å². The Balaban J connectivity index is 1.54. The molecule has 1 N–H and O–H groups in total. The van der Waals surface area contributed by atoms with Crippen LogP contribution in [0.3, 0.4) is 0 Å². The Hall–Kier alpha value is -2.38. The summed E-state index contributed by atoms with van der Waals surface area (Å²) in [6, 6.07) is 9.27. The molecule has 0 bridgehead atoms. The first-order chi connectivity index (χ1) is 13.5. The van der Waals surface area contributed by atoms with Gasteiger partial charge in [-0.05, 0) is 50.1 Å². The number of hydrogen-bond donors (Lipinski definition) is 1. The molecule has 6 nitrogen and oxygen atoms in total. The minimum atomic E-state index is -0.259. The average molecular weight is 417 g/mol. The van der Waals surface area contributed by atoms with Gasteiger partial charge in [0.2, 0.25) is 11.9 Å². The van der Waals surface area contributed by atoms with E-state index in [1.54, 1.807) is 7.11 Å². The van der Waals surface area contributed by atoms with Crippen molar-refractivity contribution in [1.29, 1.82) is 0 Å². The number of anilines is 1. The van der Waals surface area contributed by atoms with E-state index in [1.165, 1.54) is 11.3 Å². The third kappa shape index (κ3) is 3.77. The molecule has 1 aliphatic heterocycles. The molecule has 146 valence electrons. The monoisotopic (exact) mass is 416 g/mol. The Morgan fingerprint density at radius 1 is 1.36 bits per heavy atom. The standard InChI is InChI=1S/C20H21ClN4O2S/c1-12-15-10-13(27-2)5-7-16(15)24-20(23-12)25-9-3-4-17(25)19(26)22-11-14-6-8-18(21)28-14/h5-8,10,17H,3-4,9,11H2,1-2H3,(H,22,26). The summed E-state index contributed by atoms with van der Waals surface area (Å²) in [6.07, 6.45) is 1.73. The molecule has 1 atom stereocenters. The number of benzene rings is 1. The summed E-state index contributed by atoms with van der Waals surface area (Å²) in [5, 5.41) is 3.98. The number of carbonyl (C=O) groups excluding carboxylic acids is 1. The second-order valence-electron chi connectivity index (χ2n) is 6.77. The van der Waals surface area contributed by atoms with Crippen molar-refractivity contribution in [3.63, 3.8) is 0 Å². The molecule has 3 heterocycles. The largest absolute Gasteiger partial charge is 0.497 e. The van der Waals surface area contributed by atoms with Crippen LogP contribution < -0.4 is 15.0 Å². The van der Waals surface area contributed by atoms with Crippen LogP contribution in [0.1, 0.15) is 23.4 Å². The SMILES string of the molecule is COc1ccc2nc(N3CCCC3C(=O)NCc3ccc(Cl)s3)nc(C)c2c1. The summed E-state index contributed by atoms with van der Waals surface area (Å²) < 4.78 is 6.02. The molecule has 0 spiro atoms. The van der Waals surface area contributed by atoms with Crippen LogP contribution in [-0.4, -0.2) is 35.6 Å². The van der Waals surface area contributed by atoms with E-state index >= 15 is 0 Å². The Morgan fingerprint density at radius 2 is 2.21 bits per heavy atom. The Morgan fingerprint density at radius 3 is 2.96 bits per heavy atom. The molecule has 1 fully saturated rings. The molecule has 1 unspecified atom stereocenters. The number of methoxy groups -OCH3 is 1. The van der Waals surface area contributed by atoms with Gasteiger partial charge in [0.15, 0.2) is 0 Å². The smallest absolute Gasteiger partial charge is 0.243 e. The Bertz CT molecular complexity index is 1020. The highest BCUT2D eigenvalue weighted by Crippen LogP contribution is 2.28. The van der Waals surface area contributed by atoms with Gasteiger partial charge in [0, 0.05) is 16.8 Å². The number of carbonyl (C=O) groups is 1. The zero-order valence-electron chi connectivity index (χ0n) is 15.7. The molecule has 1 amide bonds. The molecular formula is C20H21ClN4O2S. The van der Waals surface area contributed by atoms with Gasteiger partial charge >= 0.3 is 0 Å². The Labute approximate surface area is 172 Å². The van der Waals surface area contributed by atoms with Gasteiger partial charge in [0.1, 0.15) is 11.8 Å². The van der Waals surface area contributed by atoms with Crippen molar-refractivity contribution in [2.75, 3.05) is 18.6 Å². The van der Waals surface area contributed by atoms with E-state index in [-0.39, 0.29) is 11.9 Å². The zero-order chi connectivity index (χ0) is 19.7. The number of fused-ring (bicyclic) bond motifs is 1. The lowest BCUT2D eigenvalue weighted by molar-refractivity contribution is -0.122. The molecule has 0 radical (unpaired) electrons. The highest BCUT2D eigenvalue weighted by atomic mass is 35.5. The van der Waals surface area contributed by atoms with E-state index in [1.807, 2.05) is 42.2 Å².